The van der Waals surface area contributed by atoms with Gasteiger partial charge in [-0.2, -0.15) is 0 Å². The van der Waals surface area contributed by atoms with Crippen LogP contribution >= 0.6 is 11.6 Å². The average Bonchev–Trinajstić information content (AvgIpc) is 2.23. The molecule has 0 fully saturated rings. The van der Waals surface area contributed by atoms with Crippen molar-refractivity contribution < 1.29 is 26.4 Å². The minimum Gasteiger partial charge on any atom is -0.476 e. The third-order valence-corrected chi connectivity index (χ3v) is 4.27. The molecule has 0 amide bonds. The largest absolute Gasteiger partial charge is 0.476 e. The quantitative estimate of drug-likeness (QED) is 0.746. The van der Waals surface area contributed by atoms with E-state index in [9.17, 15) is 21.6 Å². The van der Waals surface area contributed by atoms with Crippen LogP contribution in [0.25, 0.3) is 0 Å². The van der Waals surface area contributed by atoms with Gasteiger partial charge >= 0.3 is 0 Å². The molecule has 0 aliphatic carbocycles. The molecule has 0 unspecified atom stereocenters. The van der Waals surface area contributed by atoms with Crippen LogP contribution in [-0.2, 0) is 19.7 Å². The fraction of sp³-hybridized carbons (Fsp3) is 0.364. The van der Waals surface area contributed by atoms with E-state index in [1.165, 1.54) is 13.0 Å². The fourth-order valence-corrected chi connectivity index (χ4v) is 2.92. The van der Waals surface area contributed by atoms with Crippen LogP contribution in [0.15, 0.2) is 17.0 Å². The Morgan fingerprint density at radius 2 is 1.75 bits per heavy atom. The van der Waals surface area contributed by atoms with E-state index >= 15 is 0 Å². The number of hydrogen-bond donors (Lipinski definition) is 0. The first kappa shape index (κ1) is 16.9. The Morgan fingerprint density at radius 1 is 1.20 bits per heavy atom. The molecule has 0 bridgehead atoms. The van der Waals surface area contributed by atoms with Crippen molar-refractivity contribution in [2.75, 3.05) is 18.5 Å². The summed E-state index contributed by atoms with van der Waals surface area (Å²) in [5.41, 5.74) is 0.235. The van der Waals surface area contributed by atoms with E-state index in [0.29, 0.717) is 0 Å². The molecule has 20 heavy (non-hydrogen) atoms. The standard InChI is InChI=1S/C11H13ClO6S2/c1-7-8(11(12)13)4-5-9(20(3,16)17)10(7)18-6-19(2,14)15/h4-5H,6H2,1-3H3. The van der Waals surface area contributed by atoms with Crippen LogP contribution in [0, 0.1) is 6.92 Å². The first-order chi connectivity index (χ1) is 8.93. The van der Waals surface area contributed by atoms with Crippen LogP contribution in [0.3, 0.4) is 0 Å². The second-order valence-corrected chi connectivity index (χ2v) is 8.71. The molecule has 0 saturated carbocycles. The summed E-state index contributed by atoms with van der Waals surface area (Å²) < 4.78 is 50.7. The maximum Gasteiger partial charge on any atom is 0.252 e. The van der Waals surface area contributed by atoms with Crippen molar-refractivity contribution in [1.29, 1.82) is 0 Å². The summed E-state index contributed by atoms with van der Waals surface area (Å²) in [6.07, 6.45) is 1.90. The van der Waals surface area contributed by atoms with Gasteiger partial charge in [0.15, 0.2) is 25.6 Å². The molecule has 1 aromatic carbocycles. The van der Waals surface area contributed by atoms with Crippen molar-refractivity contribution in [2.45, 2.75) is 11.8 Å². The molecule has 0 aliphatic heterocycles. The molecule has 112 valence electrons. The van der Waals surface area contributed by atoms with Crippen molar-refractivity contribution in [3.63, 3.8) is 0 Å². The number of carbonyl (C=O) groups excluding carboxylic acids is 1. The van der Waals surface area contributed by atoms with E-state index < -0.39 is 30.9 Å². The van der Waals surface area contributed by atoms with Gasteiger partial charge in [-0.25, -0.2) is 16.8 Å². The van der Waals surface area contributed by atoms with Gasteiger partial charge in [0.1, 0.15) is 10.6 Å². The summed E-state index contributed by atoms with van der Waals surface area (Å²) in [5.74, 6) is -0.875. The predicted molar refractivity (Wildman–Crippen MR) is 74.8 cm³/mol. The molecule has 9 heteroatoms. The number of sulfone groups is 2. The normalized spacial score (nSPS) is 12.2. The molecule has 0 saturated heterocycles. The lowest BCUT2D eigenvalue weighted by Gasteiger charge is -2.14. The topological polar surface area (TPSA) is 94.6 Å². The van der Waals surface area contributed by atoms with Crippen molar-refractivity contribution in [2.24, 2.45) is 0 Å². The Morgan fingerprint density at radius 3 is 2.15 bits per heavy atom. The Labute approximate surface area is 122 Å². The molecular formula is C11H13ClO6S2. The van der Waals surface area contributed by atoms with Gasteiger partial charge in [0.05, 0.1) is 0 Å². The average molecular weight is 341 g/mol. The minimum absolute atomic E-state index is 0.0579. The minimum atomic E-state index is -3.64. The summed E-state index contributed by atoms with van der Waals surface area (Å²) in [6, 6.07) is 2.42. The van der Waals surface area contributed by atoms with Gasteiger partial charge < -0.3 is 4.74 Å². The summed E-state index contributed by atoms with van der Waals surface area (Å²) in [5, 5.41) is -0.785. The van der Waals surface area contributed by atoms with Gasteiger partial charge in [-0.05, 0) is 30.7 Å². The molecule has 0 aliphatic rings. The summed E-state index contributed by atoms with van der Waals surface area (Å²) in [6.45, 7) is 1.43. The second kappa shape index (κ2) is 5.71. The molecule has 0 spiro atoms. The SMILES string of the molecule is Cc1c(C(=O)Cl)ccc(S(C)(=O)=O)c1OCS(C)(=O)=O. The third-order valence-electron chi connectivity index (χ3n) is 2.40. The zero-order chi connectivity index (χ0) is 15.7. The zero-order valence-corrected chi connectivity index (χ0v) is 13.4. The van der Waals surface area contributed by atoms with Crippen molar-refractivity contribution in [1.82, 2.24) is 0 Å². The van der Waals surface area contributed by atoms with Crippen molar-refractivity contribution in [3.8, 4) is 5.75 Å². The molecule has 0 heterocycles. The molecular weight excluding hydrogens is 328 g/mol. The van der Waals surface area contributed by atoms with Crippen LogP contribution in [0.2, 0.25) is 0 Å². The maximum absolute atomic E-state index is 11.7. The maximum atomic E-state index is 11.7. The van der Waals surface area contributed by atoms with Gasteiger partial charge in [0.25, 0.3) is 5.24 Å². The number of hydrogen-bond acceptors (Lipinski definition) is 6. The fourth-order valence-electron chi connectivity index (χ4n) is 1.52. The molecule has 1 aromatic rings. The summed E-state index contributed by atoms with van der Waals surface area (Å²) >= 11 is 5.37. The third kappa shape index (κ3) is 4.19. The number of ether oxygens (including phenoxy) is 1. The first-order valence-corrected chi connectivity index (χ1v) is 9.60. The monoisotopic (exact) mass is 340 g/mol. The molecule has 0 N–H and O–H groups in total. The lowest BCUT2D eigenvalue weighted by atomic mass is 10.1. The second-order valence-electron chi connectivity index (χ2n) is 4.30. The molecule has 6 nitrogen and oxygen atoms in total. The van der Waals surface area contributed by atoms with Gasteiger partial charge in [0, 0.05) is 23.6 Å². The Kier molecular flexibility index (Phi) is 4.83. The molecule has 0 atom stereocenters. The van der Waals surface area contributed by atoms with Crippen LogP contribution in [0.1, 0.15) is 15.9 Å². The highest BCUT2D eigenvalue weighted by molar-refractivity contribution is 7.91. The smallest absolute Gasteiger partial charge is 0.252 e. The Bertz CT molecular complexity index is 749. The van der Waals surface area contributed by atoms with Crippen molar-refractivity contribution >= 4 is 36.5 Å². The highest BCUT2D eigenvalue weighted by atomic mass is 35.5. The number of benzene rings is 1. The van der Waals surface area contributed by atoms with E-state index in [-0.39, 0.29) is 21.8 Å². The lowest BCUT2D eigenvalue weighted by Crippen LogP contribution is -2.14. The molecule has 0 aromatic heterocycles. The predicted octanol–water partition coefficient (Wildman–Crippen LogP) is 1.16. The number of halogens is 1. The van der Waals surface area contributed by atoms with E-state index in [1.807, 2.05) is 0 Å². The summed E-state index contributed by atoms with van der Waals surface area (Å²) in [4.78, 5) is 11.0. The van der Waals surface area contributed by atoms with E-state index in [2.05, 4.69) is 0 Å². The molecule has 1 rings (SSSR count). The zero-order valence-electron chi connectivity index (χ0n) is 11.0. The highest BCUT2D eigenvalue weighted by Gasteiger charge is 2.22. The van der Waals surface area contributed by atoms with Gasteiger partial charge in [-0.15, -0.1) is 0 Å². The van der Waals surface area contributed by atoms with Crippen LogP contribution in [0.5, 0.6) is 5.75 Å². The van der Waals surface area contributed by atoms with E-state index in [4.69, 9.17) is 16.3 Å². The van der Waals surface area contributed by atoms with Crippen LogP contribution in [-0.4, -0.2) is 40.5 Å². The Balaban J connectivity index is 3.49. The van der Waals surface area contributed by atoms with Crippen molar-refractivity contribution in [3.05, 3.63) is 23.3 Å². The number of carbonyl (C=O) groups is 1. The highest BCUT2D eigenvalue weighted by Crippen LogP contribution is 2.31. The number of rotatable bonds is 5. The van der Waals surface area contributed by atoms with Crippen LogP contribution < -0.4 is 4.74 Å². The molecule has 0 radical (unpaired) electrons. The van der Waals surface area contributed by atoms with Crippen LogP contribution in [0.4, 0.5) is 0 Å². The first-order valence-electron chi connectivity index (χ1n) is 5.27. The van der Waals surface area contributed by atoms with E-state index in [1.54, 1.807) is 0 Å². The summed E-state index contributed by atoms with van der Waals surface area (Å²) in [7, 11) is -7.11. The van der Waals surface area contributed by atoms with Gasteiger partial charge in [0.2, 0.25) is 0 Å². The van der Waals surface area contributed by atoms with Gasteiger partial charge in [-0.3, -0.25) is 4.79 Å². The van der Waals surface area contributed by atoms with E-state index in [0.717, 1.165) is 18.6 Å². The Hall–Kier alpha value is -1.12. The van der Waals surface area contributed by atoms with Gasteiger partial charge in [-0.1, -0.05) is 0 Å². The lowest BCUT2D eigenvalue weighted by molar-refractivity contribution is 0.108.